The Labute approximate surface area is 145 Å². The molecule has 1 amide bonds. The molecule has 0 aliphatic heterocycles. The summed E-state index contributed by atoms with van der Waals surface area (Å²) in [6.45, 7) is 2.74. The molecule has 3 aromatic rings. The first kappa shape index (κ1) is 16.2. The third-order valence-corrected chi connectivity index (χ3v) is 4.63. The van der Waals surface area contributed by atoms with Gasteiger partial charge in [0.1, 0.15) is 22.2 Å². The molecule has 0 unspecified atom stereocenters. The molecular weight excluding hydrogens is 320 g/mol. The van der Waals surface area contributed by atoms with Gasteiger partial charge in [-0.3, -0.25) is 4.79 Å². The lowest BCUT2D eigenvalue weighted by Crippen LogP contribution is -2.27. The summed E-state index contributed by atoms with van der Waals surface area (Å²) in [5.41, 5.74) is 1.78. The van der Waals surface area contributed by atoms with Gasteiger partial charge in [0, 0.05) is 5.56 Å². The van der Waals surface area contributed by atoms with Gasteiger partial charge in [0.05, 0.1) is 12.2 Å². The standard InChI is InChI=1S/C19H18N2O2S/c1-14-17(24-19(21-14)15-8-4-2-5-9-15)18(22)20-12-13-23-16-10-6-3-7-11-16/h2-11H,12-13H2,1H3,(H,20,22). The van der Waals surface area contributed by atoms with Gasteiger partial charge >= 0.3 is 0 Å². The Bertz CT molecular complexity index is 801. The maximum atomic E-state index is 12.3. The number of para-hydroxylation sites is 1. The van der Waals surface area contributed by atoms with Crippen molar-refractivity contribution in [2.75, 3.05) is 13.2 Å². The molecule has 0 radical (unpaired) electrons. The van der Waals surface area contributed by atoms with Crippen LogP contribution in [0.15, 0.2) is 60.7 Å². The van der Waals surface area contributed by atoms with Gasteiger partial charge in [-0.15, -0.1) is 11.3 Å². The van der Waals surface area contributed by atoms with Crippen LogP contribution in [-0.2, 0) is 0 Å². The fourth-order valence-corrected chi connectivity index (χ4v) is 3.23. The monoisotopic (exact) mass is 338 g/mol. The van der Waals surface area contributed by atoms with Crippen molar-refractivity contribution >= 4 is 17.2 Å². The van der Waals surface area contributed by atoms with E-state index in [1.54, 1.807) is 0 Å². The molecular formula is C19H18N2O2S. The second kappa shape index (κ2) is 7.75. The molecule has 0 saturated heterocycles. The first-order valence-corrected chi connectivity index (χ1v) is 8.54. The molecule has 0 bridgehead atoms. The number of benzene rings is 2. The van der Waals surface area contributed by atoms with E-state index in [1.165, 1.54) is 11.3 Å². The third-order valence-electron chi connectivity index (χ3n) is 3.42. The average Bonchev–Trinajstić information content (AvgIpc) is 3.02. The number of hydrogen-bond donors (Lipinski definition) is 1. The number of nitrogens with one attached hydrogen (secondary N) is 1. The van der Waals surface area contributed by atoms with Crippen molar-refractivity contribution < 1.29 is 9.53 Å². The molecule has 24 heavy (non-hydrogen) atoms. The zero-order valence-electron chi connectivity index (χ0n) is 13.4. The fraction of sp³-hybridized carbons (Fsp3) is 0.158. The molecule has 3 rings (SSSR count). The summed E-state index contributed by atoms with van der Waals surface area (Å²) in [7, 11) is 0. The predicted molar refractivity (Wildman–Crippen MR) is 96.6 cm³/mol. The van der Waals surface area contributed by atoms with E-state index in [2.05, 4.69) is 10.3 Å². The lowest BCUT2D eigenvalue weighted by Gasteiger charge is -2.07. The third kappa shape index (κ3) is 4.00. The second-order valence-electron chi connectivity index (χ2n) is 5.22. The van der Waals surface area contributed by atoms with Gasteiger partial charge in [0.2, 0.25) is 0 Å². The number of rotatable bonds is 6. The molecule has 1 aromatic heterocycles. The number of aromatic nitrogens is 1. The van der Waals surface area contributed by atoms with E-state index in [0.717, 1.165) is 22.0 Å². The van der Waals surface area contributed by atoms with Crippen LogP contribution in [0.5, 0.6) is 5.75 Å². The first-order valence-electron chi connectivity index (χ1n) is 7.73. The highest BCUT2D eigenvalue weighted by molar-refractivity contribution is 7.17. The predicted octanol–water partition coefficient (Wildman–Crippen LogP) is 3.93. The normalized spacial score (nSPS) is 10.4. The van der Waals surface area contributed by atoms with Gasteiger partial charge in [-0.2, -0.15) is 0 Å². The Morgan fingerprint density at radius 1 is 1.08 bits per heavy atom. The van der Waals surface area contributed by atoms with E-state index in [1.807, 2.05) is 67.6 Å². The Hall–Kier alpha value is -2.66. The topological polar surface area (TPSA) is 51.2 Å². The summed E-state index contributed by atoms with van der Waals surface area (Å²) >= 11 is 1.41. The molecule has 1 heterocycles. The zero-order valence-corrected chi connectivity index (χ0v) is 14.2. The van der Waals surface area contributed by atoms with E-state index >= 15 is 0 Å². The average molecular weight is 338 g/mol. The SMILES string of the molecule is Cc1nc(-c2ccccc2)sc1C(=O)NCCOc1ccccc1. The minimum atomic E-state index is -0.108. The van der Waals surface area contributed by atoms with Crippen molar-refractivity contribution in [2.24, 2.45) is 0 Å². The van der Waals surface area contributed by atoms with Gasteiger partial charge in [0.25, 0.3) is 5.91 Å². The summed E-state index contributed by atoms with van der Waals surface area (Å²) < 4.78 is 5.57. The molecule has 5 heteroatoms. The number of aryl methyl sites for hydroxylation is 1. The molecule has 0 aliphatic rings. The summed E-state index contributed by atoms with van der Waals surface area (Å²) in [5.74, 6) is 0.691. The van der Waals surface area contributed by atoms with Crippen LogP contribution < -0.4 is 10.1 Å². The van der Waals surface area contributed by atoms with E-state index in [4.69, 9.17) is 4.74 Å². The Morgan fingerprint density at radius 2 is 1.75 bits per heavy atom. The zero-order chi connectivity index (χ0) is 16.8. The van der Waals surface area contributed by atoms with Crippen LogP contribution in [0.3, 0.4) is 0 Å². The molecule has 122 valence electrons. The lowest BCUT2D eigenvalue weighted by atomic mass is 10.2. The maximum absolute atomic E-state index is 12.3. The molecule has 1 N–H and O–H groups in total. The number of thiazole rings is 1. The van der Waals surface area contributed by atoms with Crippen molar-refractivity contribution in [1.82, 2.24) is 10.3 Å². The molecule has 4 nitrogen and oxygen atoms in total. The van der Waals surface area contributed by atoms with Crippen LogP contribution >= 0.6 is 11.3 Å². The van der Waals surface area contributed by atoms with Gasteiger partial charge in [-0.05, 0) is 19.1 Å². The Kier molecular flexibility index (Phi) is 5.23. The smallest absolute Gasteiger partial charge is 0.263 e. The summed E-state index contributed by atoms with van der Waals surface area (Å²) in [6.07, 6.45) is 0. The first-order chi connectivity index (χ1) is 11.7. The number of hydrogen-bond acceptors (Lipinski definition) is 4. The largest absolute Gasteiger partial charge is 0.492 e. The molecule has 0 atom stereocenters. The van der Waals surface area contributed by atoms with Gasteiger partial charge in [0.15, 0.2) is 0 Å². The van der Waals surface area contributed by atoms with Crippen molar-refractivity contribution in [3.63, 3.8) is 0 Å². The number of carbonyl (C=O) groups is 1. The van der Waals surface area contributed by atoms with E-state index < -0.39 is 0 Å². The van der Waals surface area contributed by atoms with Gasteiger partial charge in [-0.25, -0.2) is 4.98 Å². The van der Waals surface area contributed by atoms with Crippen molar-refractivity contribution in [3.05, 3.63) is 71.2 Å². The second-order valence-corrected chi connectivity index (χ2v) is 6.22. The molecule has 0 fully saturated rings. The lowest BCUT2D eigenvalue weighted by molar-refractivity contribution is 0.0950. The Balaban J connectivity index is 1.56. The van der Waals surface area contributed by atoms with Crippen molar-refractivity contribution in [3.8, 4) is 16.3 Å². The minimum Gasteiger partial charge on any atom is -0.492 e. The van der Waals surface area contributed by atoms with E-state index in [9.17, 15) is 4.79 Å². The quantitative estimate of drug-likeness (QED) is 0.693. The molecule has 0 saturated carbocycles. The van der Waals surface area contributed by atoms with Crippen LogP contribution in [0.2, 0.25) is 0 Å². The summed E-state index contributed by atoms with van der Waals surface area (Å²) in [4.78, 5) is 17.5. The minimum absolute atomic E-state index is 0.108. The number of nitrogens with zero attached hydrogens (tertiary/aromatic N) is 1. The maximum Gasteiger partial charge on any atom is 0.263 e. The van der Waals surface area contributed by atoms with Crippen LogP contribution in [0.1, 0.15) is 15.4 Å². The summed E-state index contributed by atoms with van der Waals surface area (Å²) in [5, 5.41) is 3.74. The highest BCUT2D eigenvalue weighted by Crippen LogP contribution is 2.27. The van der Waals surface area contributed by atoms with Gasteiger partial charge < -0.3 is 10.1 Å². The van der Waals surface area contributed by atoms with E-state index in [0.29, 0.717) is 18.0 Å². The van der Waals surface area contributed by atoms with Crippen molar-refractivity contribution in [2.45, 2.75) is 6.92 Å². The van der Waals surface area contributed by atoms with Crippen LogP contribution in [0.25, 0.3) is 10.6 Å². The molecule has 0 spiro atoms. The fourth-order valence-electron chi connectivity index (χ4n) is 2.24. The number of carbonyl (C=O) groups excluding carboxylic acids is 1. The van der Waals surface area contributed by atoms with Gasteiger partial charge in [-0.1, -0.05) is 48.5 Å². The number of amides is 1. The van der Waals surface area contributed by atoms with Crippen LogP contribution in [-0.4, -0.2) is 24.0 Å². The molecule has 2 aromatic carbocycles. The highest BCUT2D eigenvalue weighted by atomic mass is 32.1. The summed E-state index contributed by atoms with van der Waals surface area (Å²) in [6, 6.07) is 19.4. The highest BCUT2D eigenvalue weighted by Gasteiger charge is 2.15. The number of ether oxygens (including phenoxy) is 1. The van der Waals surface area contributed by atoms with Crippen molar-refractivity contribution in [1.29, 1.82) is 0 Å². The molecule has 0 aliphatic carbocycles. The van der Waals surface area contributed by atoms with E-state index in [-0.39, 0.29) is 5.91 Å². The van der Waals surface area contributed by atoms with Crippen LogP contribution in [0.4, 0.5) is 0 Å². The Morgan fingerprint density at radius 3 is 2.46 bits per heavy atom. The van der Waals surface area contributed by atoms with Crippen LogP contribution in [0, 0.1) is 6.92 Å².